The fourth-order valence-electron chi connectivity index (χ4n) is 0.751. The summed E-state index contributed by atoms with van der Waals surface area (Å²) in [6.07, 6.45) is 0. The molecule has 3 heteroatoms. The maximum Gasteiger partial charge on any atom is 0.164 e. The summed E-state index contributed by atoms with van der Waals surface area (Å²) >= 11 is 1.66. The van der Waals surface area contributed by atoms with Crippen LogP contribution in [0.25, 0.3) is 0 Å². The highest BCUT2D eigenvalue weighted by Gasteiger charge is 2.30. The van der Waals surface area contributed by atoms with E-state index in [1.165, 1.54) is 0 Å². The second kappa shape index (κ2) is 2.55. The molecule has 0 aliphatic carbocycles. The molecule has 0 saturated heterocycles. The van der Waals surface area contributed by atoms with Crippen LogP contribution >= 0.6 is 11.8 Å². The second-order valence-corrected chi connectivity index (χ2v) is 4.44. The first-order chi connectivity index (χ1) is 4.93. The molecular weight excluding hydrogens is 156 g/mol. The first kappa shape index (κ1) is 8.65. The Bertz CT molecular complexity index is 216. The summed E-state index contributed by atoms with van der Waals surface area (Å²) in [7, 11) is 4.00. The van der Waals surface area contributed by atoms with Crippen molar-refractivity contribution >= 4 is 16.9 Å². The third-order valence-electron chi connectivity index (χ3n) is 1.65. The van der Waals surface area contributed by atoms with Crippen molar-refractivity contribution in [3.63, 3.8) is 0 Å². The zero-order valence-corrected chi connectivity index (χ0v) is 8.33. The van der Waals surface area contributed by atoms with Gasteiger partial charge in [-0.25, -0.2) is 0 Å². The van der Waals surface area contributed by atoms with Crippen molar-refractivity contribution in [1.82, 2.24) is 4.90 Å². The second-order valence-electron chi connectivity index (χ2n) is 3.37. The van der Waals surface area contributed by atoms with Gasteiger partial charge in [0.15, 0.2) is 5.17 Å². The molecule has 0 fully saturated rings. The average Bonchev–Trinajstić information content (AvgIpc) is 2.08. The van der Waals surface area contributed by atoms with Crippen LogP contribution in [-0.2, 0) is 0 Å². The van der Waals surface area contributed by atoms with Crippen molar-refractivity contribution < 1.29 is 0 Å². The summed E-state index contributed by atoms with van der Waals surface area (Å²) in [6, 6.07) is 0. The summed E-state index contributed by atoms with van der Waals surface area (Å²) in [4.78, 5) is 7.65. The minimum atomic E-state index is -0.0791. The normalized spacial score (nSPS) is 21.8. The lowest BCUT2D eigenvalue weighted by Gasteiger charge is -2.12. The number of rotatable bonds is 0. The van der Waals surface area contributed by atoms with Crippen LogP contribution in [0.15, 0.2) is 16.5 Å². The molecule has 0 amide bonds. The number of amidine groups is 1. The zero-order valence-electron chi connectivity index (χ0n) is 7.51. The molecule has 1 rings (SSSR count). The van der Waals surface area contributed by atoms with E-state index in [0.29, 0.717) is 0 Å². The largest absolute Gasteiger partial charge is 0.357 e. The molecule has 1 aliphatic rings. The Kier molecular flexibility index (Phi) is 2.01. The summed E-state index contributed by atoms with van der Waals surface area (Å²) < 4.78 is 0. The van der Waals surface area contributed by atoms with Gasteiger partial charge in [0.1, 0.15) is 0 Å². The monoisotopic (exact) mass is 170 g/mol. The van der Waals surface area contributed by atoms with Gasteiger partial charge in [-0.2, -0.15) is 0 Å². The Morgan fingerprint density at radius 2 is 2.00 bits per heavy atom. The predicted molar refractivity (Wildman–Crippen MR) is 51.9 cm³/mol. The molecule has 0 bridgehead atoms. The molecule has 0 aromatic carbocycles. The van der Waals surface area contributed by atoms with Crippen LogP contribution in [0.3, 0.4) is 0 Å². The Morgan fingerprint density at radius 1 is 1.45 bits per heavy atom. The van der Waals surface area contributed by atoms with Crippen molar-refractivity contribution in [2.75, 3.05) is 14.1 Å². The SMILES string of the molecule is C=C1SC(N(C)C)=NC1(C)C. The van der Waals surface area contributed by atoms with Gasteiger partial charge in [0.25, 0.3) is 0 Å². The predicted octanol–water partition coefficient (Wildman–Crippen LogP) is 1.94. The Morgan fingerprint density at radius 3 is 2.18 bits per heavy atom. The Balaban J connectivity index is 2.84. The quantitative estimate of drug-likeness (QED) is 0.552. The lowest BCUT2D eigenvalue weighted by atomic mass is 10.1. The fraction of sp³-hybridized carbons (Fsp3) is 0.625. The van der Waals surface area contributed by atoms with Gasteiger partial charge < -0.3 is 4.90 Å². The minimum Gasteiger partial charge on any atom is -0.357 e. The van der Waals surface area contributed by atoms with E-state index in [1.54, 1.807) is 11.8 Å². The van der Waals surface area contributed by atoms with E-state index in [2.05, 4.69) is 25.4 Å². The standard InChI is InChI=1S/C8H14N2S/c1-6-8(2,3)9-7(11-6)10(4)5/h1H2,2-5H3. The maximum atomic E-state index is 4.51. The van der Waals surface area contributed by atoms with Gasteiger partial charge in [0, 0.05) is 19.0 Å². The van der Waals surface area contributed by atoms with Crippen LogP contribution in [0.5, 0.6) is 0 Å². The Hall–Kier alpha value is -0.440. The van der Waals surface area contributed by atoms with Gasteiger partial charge in [-0.3, -0.25) is 4.99 Å². The number of thioether (sulfide) groups is 1. The van der Waals surface area contributed by atoms with Crippen molar-refractivity contribution in [3.8, 4) is 0 Å². The highest BCUT2D eigenvalue weighted by atomic mass is 32.2. The molecule has 0 atom stereocenters. The summed E-state index contributed by atoms with van der Waals surface area (Å²) in [6.45, 7) is 8.13. The van der Waals surface area contributed by atoms with Crippen LogP contribution in [-0.4, -0.2) is 29.7 Å². The first-order valence-corrected chi connectivity index (χ1v) is 4.39. The third-order valence-corrected chi connectivity index (χ3v) is 3.04. The molecule has 0 N–H and O–H groups in total. The van der Waals surface area contributed by atoms with Crippen molar-refractivity contribution in [3.05, 3.63) is 11.5 Å². The number of hydrogen-bond donors (Lipinski definition) is 0. The smallest absolute Gasteiger partial charge is 0.164 e. The molecule has 0 aromatic rings. The van der Waals surface area contributed by atoms with Crippen molar-refractivity contribution in [2.24, 2.45) is 4.99 Å². The highest BCUT2D eigenvalue weighted by Crippen LogP contribution is 2.37. The minimum absolute atomic E-state index is 0.0791. The topological polar surface area (TPSA) is 15.6 Å². The van der Waals surface area contributed by atoms with Crippen molar-refractivity contribution in [2.45, 2.75) is 19.4 Å². The first-order valence-electron chi connectivity index (χ1n) is 3.58. The van der Waals surface area contributed by atoms with Gasteiger partial charge in [0.05, 0.1) is 5.54 Å². The molecule has 0 saturated carbocycles. The van der Waals surface area contributed by atoms with Gasteiger partial charge >= 0.3 is 0 Å². The van der Waals surface area contributed by atoms with E-state index in [9.17, 15) is 0 Å². The van der Waals surface area contributed by atoms with Crippen LogP contribution in [0.4, 0.5) is 0 Å². The Labute approximate surface area is 72.4 Å². The van der Waals surface area contributed by atoms with Gasteiger partial charge in [-0.1, -0.05) is 18.3 Å². The van der Waals surface area contributed by atoms with Gasteiger partial charge in [0.2, 0.25) is 0 Å². The lowest BCUT2D eigenvalue weighted by Crippen LogP contribution is -2.18. The molecule has 0 spiro atoms. The van der Waals surface area contributed by atoms with E-state index in [1.807, 2.05) is 19.0 Å². The molecular formula is C8H14N2S. The maximum absolute atomic E-state index is 4.51. The molecule has 0 unspecified atom stereocenters. The van der Waals surface area contributed by atoms with Gasteiger partial charge in [-0.15, -0.1) is 0 Å². The number of nitrogens with zero attached hydrogens (tertiary/aromatic N) is 2. The summed E-state index contributed by atoms with van der Waals surface area (Å²) in [5, 5.41) is 1.06. The molecule has 0 radical (unpaired) electrons. The molecule has 2 nitrogen and oxygen atoms in total. The van der Waals surface area contributed by atoms with E-state index < -0.39 is 0 Å². The van der Waals surface area contributed by atoms with Crippen LogP contribution in [0.2, 0.25) is 0 Å². The van der Waals surface area contributed by atoms with Crippen LogP contribution in [0, 0.1) is 0 Å². The third kappa shape index (κ3) is 1.59. The number of hydrogen-bond acceptors (Lipinski definition) is 3. The zero-order chi connectivity index (χ0) is 8.65. The molecule has 11 heavy (non-hydrogen) atoms. The van der Waals surface area contributed by atoms with E-state index in [4.69, 9.17) is 0 Å². The highest BCUT2D eigenvalue weighted by molar-refractivity contribution is 8.17. The van der Waals surface area contributed by atoms with Crippen LogP contribution in [0.1, 0.15) is 13.8 Å². The molecule has 1 aliphatic heterocycles. The molecule has 1 heterocycles. The van der Waals surface area contributed by atoms with Crippen LogP contribution < -0.4 is 0 Å². The lowest BCUT2D eigenvalue weighted by molar-refractivity contribution is 0.602. The average molecular weight is 170 g/mol. The summed E-state index contributed by atoms with van der Waals surface area (Å²) in [5.74, 6) is 0. The molecule has 0 aromatic heterocycles. The van der Waals surface area contributed by atoms with E-state index >= 15 is 0 Å². The molecule has 62 valence electrons. The summed E-state index contributed by atoms with van der Waals surface area (Å²) in [5.41, 5.74) is -0.0791. The van der Waals surface area contributed by atoms with E-state index in [-0.39, 0.29) is 5.54 Å². The van der Waals surface area contributed by atoms with Crippen molar-refractivity contribution in [1.29, 1.82) is 0 Å². The van der Waals surface area contributed by atoms with E-state index in [0.717, 1.165) is 10.1 Å². The fourth-order valence-corrected chi connectivity index (χ4v) is 1.72. The van der Waals surface area contributed by atoms with Gasteiger partial charge in [-0.05, 0) is 13.8 Å². The number of aliphatic imine (C=N–C) groups is 1.